The molecule has 10 heteroatoms. The predicted molar refractivity (Wildman–Crippen MR) is 105 cm³/mol. The van der Waals surface area contributed by atoms with E-state index in [1.54, 1.807) is 27.9 Å². The van der Waals surface area contributed by atoms with E-state index in [0.717, 1.165) is 16.0 Å². The summed E-state index contributed by atoms with van der Waals surface area (Å²) in [4.78, 5) is 33.7. The number of aromatic nitrogens is 6. The van der Waals surface area contributed by atoms with Gasteiger partial charge in [-0.2, -0.15) is 5.10 Å². The van der Waals surface area contributed by atoms with Gasteiger partial charge in [-0.25, -0.2) is 24.6 Å². The quantitative estimate of drug-likeness (QED) is 0.523. The second-order valence-corrected chi connectivity index (χ2v) is 7.27. The van der Waals surface area contributed by atoms with Crippen LogP contribution in [0.5, 0.6) is 0 Å². The van der Waals surface area contributed by atoms with Crippen LogP contribution in [0.4, 0.5) is 5.82 Å². The van der Waals surface area contributed by atoms with Gasteiger partial charge >= 0.3 is 0 Å². The molecule has 0 radical (unpaired) electrons. The number of amides is 1. The molecule has 1 saturated heterocycles. The van der Waals surface area contributed by atoms with Crippen molar-refractivity contribution in [2.45, 2.75) is 0 Å². The van der Waals surface area contributed by atoms with Crippen LogP contribution < -0.4 is 4.90 Å². The van der Waals surface area contributed by atoms with Gasteiger partial charge in [-0.05, 0) is 18.2 Å². The molecule has 1 amide bonds. The highest BCUT2D eigenvalue weighted by molar-refractivity contribution is 7.16. The highest BCUT2D eigenvalue weighted by Gasteiger charge is 2.23. The molecule has 0 atom stereocenters. The summed E-state index contributed by atoms with van der Waals surface area (Å²) >= 11 is 1.55. The number of nitrogens with zero attached hydrogens (tertiary/aromatic N) is 8. The third-order valence-corrected chi connectivity index (χ3v) is 5.55. The zero-order valence-electron chi connectivity index (χ0n) is 14.8. The molecule has 0 N–H and O–H groups in total. The Balaban J connectivity index is 1.28. The fourth-order valence-electron chi connectivity index (χ4n) is 3.27. The van der Waals surface area contributed by atoms with E-state index in [1.165, 1.54) is 12.7 Å². The maximum Gasteiger partial charge on any atom is 0.254 e. The predicted octanol–water partition coefficient (Wildman–Crippen LogP) is 1.63. The average Bonchev–Trinajstić information content (AvgIpc) is 3.45. The van der Waals surface area contributed by atoms with Crippen molar-refractivity contribution in [2.24, 2.45) is 0 Å². The van der Waals surface area contributed by atoms with Gasteiger partial charge in [-0.15, -0.1) is 11.3 Å². The molecular weight excluding hydrogens is 376 g/mol. The zero-order chi connectivity index (χ0) is 18.9. The summed E-state index contributed by atoms with van der Waals surface area (Å²) < 4.78 is 2.63. The first-order chi connectivity index (χ1) is 13.8. The second-order valence-electron chi connectivity index (χ2n) is 6.39. The van der Waals surface area contributed by atoms with Gasteiger partial charge in [0.05, 0.1) is 15.7 Å². The smallest absolute Gasteiger partial charge is 0.254 e. The summed E-state index contributed by atoms with van der Waals surface area (Å²) in [6.07, 6.45) is 4.59. The van der Waals surface area contributed by atoms with Crippen LogP contribution in [0.2, 0.25) is 0 Å². The van der Waals surface area contributed by atoms with Gasteiger partial charge < -0.3 is 9.80 Å². The second kappa shape index (κ2) is 6.97. The van der Waals surface area contributed by atoms with E-state index in [0.29, 0.717) is 37.6 Å². The highest BCUT2D eigenvalue weighted by atomic mass is 32.1. The monoisotopic (exact) mass is 392 g/mol. The van der Waals surface area contributed by atoms with Crippen LogP contribution in [-0.4, -0.2) is 66.7 Å². The minimum Gasteiger partial charge on any atom is -0.353 e. The van der Waals surface area contributed by atoms with Crippen LogP contribution in [0.1, 0.15) is 10.4 Å². The molecule has 4 aromatic rings. The number of benzene rings is 1. The molecule has 0 spiro atoms. The number of carbonyl (C=O) groups excluding carboxylic acids is 1. The lowest BCUT2D eigenvalue weighted by Crippen LogP contribution is -2.49. The molecule has 0 aliphatic carbocycles. The van der Waals surface area contributed by atoms with E-state index >= 15 is 0 Å². The molecule has 28 heavy (non-hydrogen) atoms. The maximum atomic E-state index is 12.9. The van der Waals surface area contributed by atoms with Crippen molar-refractivity contribution in [3.63, 3.8) is 0 Å². The molecular formula is C18H16N8OS. The average molecular weight is 392 g/mol. The number of piperazine rings is 1. The topological polar surface area (TPSA) is 92.9 Å². The Morgan fingerprint density at radius 3 is 2.64 bits per heavy atom. The van der Waals surface area contributed by atoms with Crippen molar-refractivity contribution in [3.8, 4) is 5.82 Å². The van der Waals surface area contributed by atoms with Gasteiger partial charge in [-0.1, -0.05) is 0 Å². The van der Waals surface area contributed by atoms with Crippen molar-refractivity contribution < 1.29 is 4.79 Å². The fraction of sp³-hybridized carbons (Fsp3) is 0.222. The molecule has 5 rings (SSSR count). The molecule has 1 aliphatic rings. The lowest BCUT2D eigenvalue weighted by atomic mass is 10.1. The molecule has 1 aromatic carbocycles. The molecule has 3 aromatic heterocycles. The van der Waals surface area contributed by atoms with Gasteiger partial charge in [0.25, 0.3) is 5.91 Å². The summed E-state index contributed by atoms with van der Waals surface area (Å²) in [5.41, 5.74) is 3.44. The van der Waals surface area contributed by atoms with E-state index in [9.17, 15) is 4.79 Å². The summed E-state index contributed by atoms with van der Waals surface area (Å²) in [5.74, 6) is 1.54. The van der Waals surface area contributed by atoms with Gasteiger partial charge in [0.15, 0.2) is 5.82 Å². The summed E-state index contributed by atoms with van der Waals surface area (Å²) in [5, 5.41) is 4.10. The number of hydrogen-bond donors (Lipinski definition) is 0. The summed E-state index contributed by atoms with van der Waals surface area (Å²) in [6.45, 7) is 2.70. The molecule has 1 aliphatic heterocycles. The normalized spacial score (nSPS) is 14.6. The first-order valence-electron chi connectivity index (χ1n) is 8.82. The Bertz CT molecular complexity index is 1120. The Morgan fingerprint density at radius 1 is 0.964 bits per heavy atom. The van der Waals surface area contributed by atoms with Gasteiger partial charge in [0, 0.05) is 37.8 Å². The number of fused-ring (bicyclic) bond motifs is 1. The molecule has 0 saturated carbocycles. The molecule has 0 unspecified atom stereocenters. The van der Waals surface area contributed by atoms with Crippen molar-refractivity contribution in [1.29, 1.82) is 0 Å². The number of rotatable bonds is 3. The minimum absolute atomic E-state index is 0.0564. The van der Waals surface area contributed by atoms with Crippen LogP contribution in [0.25, 0.3) is 16.0 Å². The molecule has 140 valence electrons. The Kier molecular flexibility index (Phi) is 4.17. The van der Waals surface area contributed by atoms with Crippen molar-refractivity contribution >= 4 is 33.3 Å². The zero-order valence-corrected chi connectivity index (χ0v) is 15.7. The van der Waals surface area contributed by atoms with Gasteiger partial charge in [-0.3, -0.25) is 4.79 Å². The number of anilines is 1. The lowest BCUT2D eigenvalue weighted by Gasteiger charge is -2.35. The SMILES string of the molecule is O=C(c1ccc2ncsc2c1)N1CCN(c2cc(-n3cncn3)ncn2)CC1. The fourth-order valence-corrected chi connectivity index (χ4v) is 3.99. The van der Waals surface area contributed by atoms with E-state index in [-0.39, 0.29) is 5.91 Å². The Morgan fingerprint density at radius 2 is 1.82 bits per heavy atom. The van der Waals surface area contributed by atoms with E-state index in [1.807, 2.05) is 29.2 Å². The van der Waals surface area contributed by atoms with Crippen molar-refractivity contribution in [2.75, 3.05) is 31.1 Å². The van der Waals surface area contributed by atoms with Crippen molar-refractivity contribution in [1.82, 2.24) is 34.6 Å². The first kappa shape index (κ1) is 16.8. The molecule has 4 heterocycles. The number of thiazole rings is 1. The third-order valence-electron chi connectivity index (χ3n) is 4.76. The molecule has 0 bridgehead atoms. The largest absolute Gasteiger partial charge is 0.353 e. The number of hydrogen-bond acceptors (Lipinski definition) is 8. The van der Waals surface area contributed by atoms with Crippen LogP contribution in [0.15, 0.2) is 48.8 Å². The van der Waals surface area contributed by atoms with Gasteiger partial charge in [0.1, 0.15) is 24.8 Å². The standard InChI is InChI=1S/C18H16N8OS/c27-18(13-1-2-14-15(7-13)28-12-22-14)25-5-3-24(4-6-25)16-8-17(21-10-20-16)26-11-19-9-23-26/h1-2,7-12H,3-6H2. The van der Waals surface area contributed by atoms with E-state index < -0.39 is 0 Å². The van der Waals surface area contributed by atoms with Crippen molar-refractivity contribution in [3.05, 3.63) is 54.3 Å². The van der Waals surface area contributed by atoms with Gasteiger partial charge in [0.2, 0.25) is 0 Å². The maximum absolute atomic E-state index is 12.9. The number of carbonyl (C=O) groups is 1. The van der Waals surface area contributed by atoms with Crippen LogP contribution in [-0.2, 0) is 0 Å². The van der Waals surface area contributed by atoms with E-state index in [2.05, 4.69) is 29.9 Å². The minimum atomic E-state index is 0.0564. The Hall–Kier alpha value is -3.40. The van der Waals surface area contributed by atoms with Crippen LogP contribution in [0, 0.1) is 0 Å². The molecule has 1 fully saturated rings. The summed E-state index contributed by atoms with van der Waals surface area (Å²) in [6, 6.07) is 7.56. The third kappa shape index (κ3) is 3.07. The first-order valence-corrected chi connectivity index (χ1v) is 9.70. The highest BCUT2D eigenvalue weighted by Crippen LogP contribution is 2.21. The summed E-state index contributed by atoms with van der Waals surface area (Å²) in [7, 11) is 0. The lowest BCUT2D eigenvalue weighted by molar-refractivity contribution is 0.0746. The van der Waals surface area contributed by atoms with Crippen LogP contribution >= 0.6 is 11.3 Å². The Labute approximate surface area is 164 Å². The van der Waals surface area contributed by atoms with Crippen LogP contribution in [0.3, 0.4) is 0 Å². The van der Waals surface area contributed by atoms with E-state index in [4.69, 9.17) is 0 Å². The molecule has 9 nitrogen and oxygen atoms in total.